The summed E-state index contributed by atoms with van der Waals surface area (Å²) in [6.07, 6.45) is 0. The Morgan fingerprint density at radius 2 is 1.77 bits per heavy atom. The molecule has 0 atom stereocenters. The van der Waals surface area contributed by atoms with Crippen molar-refractivity contribution in [3.63, 3.8) is 0 Å². The molecule has 3 rings (SSSR count). The van der Waals surface area contributed by atoms with Crippen molar-refractivity contribution in [3.8, 4) is 11.4 Å². The topological polar surface area (TPSA) is 81.0 Å². The lowest BCUT2D eigenvalue weighted by Crippen LogP contribution is -1.91. The Hall–Kier alpha value is -2.87. The number of nitrogens with zero attached hydrogens (tertiary/aromatic N) is 3. The molecular formula is C14H9FN4O2S. The number of anilines is 2. The van der Waals surface area contributed by atoms with E-state index in [0.29, 0.717) is 16.6 Å². The highest BCUT2D eigenvalue weighted by Crippen LogP contribution is 2.25. The Morgan fingerprint density at radius 3 is 2.41 bits per heavy atom. The third-order valence-corrected chi connectivity index (χ3v) is 3.49. The van der Waals surface area contributed by atoms with Gasteiger partial charge in [-0.25, -0.2) is 4.39 Å². The van der Waals surface area contributed by atoms with Gasteiger partial charge >= 0.3 is 0 Å². The number of benzene rings is 2. The van der Waals surface area contributed by atoms with Crippen LogP contribution in [0.3, 0.4) is 0 Å². The summed E-state index contributed by atoms with van der Waals surface area (Å²) in [5, 5.41) is 14.2. The molecule has 2 aromatic carbocycles. The first-order chi connectivity index (χ1) is 10.6. The Labute approximate surface area is 128 Å². The minimum atomic E-state index is -0.457. The minimum Gasteiger partial charge on any atom is -0.330 e. The molecule has 3 aromatic rings. The molecule has 0 aliphatic rings. The zero-order chi connectivity index (χ0) is 15.5. The van der Waals surface area contributed by atoms with Crippen molar-refractivity contribution >= 4 is 28.0 Å². The number of nitro benzene ring substituents is 1. The number of hydrogen-bond acceptors (Lipinski definition) is 6. The normalized spacial score (nSPS) is 10.4. The van der Waals surface area contributed by atoms with Crippen LogP contribution in [0.5, 0.6) is 0 Å². The van der Waals surface area contributed by atoms with Gasteiger partial charge in [-0.05, 0) is 36.4 Å². The largest absolute Gasteiger partial charge is 0.330 e. The van der Waals surface area contributed by atoms with Crippen LogP contribution in [0.1, 0.15) is 0 Å². The number of aromatic nitrogens is 2. The average molecular weight is 316 g/mol. The van der Waals surface area contributed by atoms with Gasteiger partial charge in [0.2, 0.25) is 5.13 Å². The van der Waals surface area contributed by atoms with Gasteiger partial charge in [-0.1, -0.05) is 0 Å². The lowest BCUT2D eigenvalue weighted by atomic mass is 10.2. The highest BCUT2D eigenvalue weighted by atomic mass is 32.1. The summed E-state index contributed by atoms with van der Waals surface area (Å²) < 4.78 is 17.1. The predicted octanol–water partition coefficient (Wildman–Crippen LogP) is 4.00. The van der Waals surface area contributed by atoms with Crippen LogP contribution in [-0.2, 0) is 0 Å². The molecule has 0 aliphatic carbocycles. The third-order valence-electron chi connectivity index (χ3n) is 2.86. The lowest BCUT2D eigenvalue weighted by Gasteiger charge is -2.00. The Morgan fingerprint density at radius 1 is 1.09 bits per heavy atom. The first kappa shape index (κ1) is 14.1. The standard InChI is InChI=1S/C14H9FN4O2S/c15-10-3-1-9(2-4-10)13-17-14(22-18-13)16-11-5-7-12(8-6-11)19(20)21/h1-8H,(H,16,17,18). The number of hydrogen-bond donors (Lipinski definition) is 1. The number of rotatable bonds is 4. The van der Waals surface area contributed by atoms with Gasteiger partial charge in [-0.2, -0.15) is 9.36 Å². The molecule has 8 heteroatoms. The fraction of sp³-hybridized carbons (Fsp3) is 0. The smallest absolute Gasteiger partial charge is 0.269 e. The second-order valence-corrected chi connectivity index (χ2v) is 5.11. The van der Waals surface area contributed by atoms with E-state index >= 15 is 0 Å². The molecule has 1 N–H and O–H groups in total. The Bertz CT molecular complexity index is 802. The minimum absolute atomic E-state index is 0.0230. The highest BCUT2D eigenvalue weighted by Gasteiger charge is 2.08. The molecule has 0 saturated heterocycles. The molecule has 22 heavy (non-hydrogen) atoms. The van der Waals surface area contributed by atoms with Gasteiger partial charge in [0.15, 0.2) is 5.82 Å². The second kappa shape index (κ2) is 5.86. The molecular weight excluding hydrogens is 307 g/mol. The number of halogens is 1. The van der Waals surface area contributed by atoms with Crippen molar-refractivity contribution in [2.24, 2.45) is 0 Å². The first-order valence-corrected chi connectivity index (χ1v) is 7.00. The molecule has 110 valence electrons. The van der Waals surface area contributed by atoms with Crippen LogP contribution in [0.2, 0.25) is 0 Å². The van der Waals surface area contributed by atoms with E-state index in [1.54, 1.807) is 24.3 Å². The van der Waals surface area contributed by atoms with Crippen LogP contribution in [0.15, 0.2) is 48.5 Å². The summed E-state index contributed by atoms with van der Waals surface area (Å²) in [6, 6.07) is 11.9. The van der Waals surface area contributed by atoms with E-state index < -0.39 is 4.92 Å². The van der Waals surface area contributed by atoms with E-state index in [4.69, 9.17) is 0 Å². The molecule has 0 fully saturated rings. The van der Waals surface area contributed by atoms with Crippen LogP contribution in [0, 0.1) is 15.9 Å². The maximum atomic E-state index is 12.9. The van der Waals surface area contributed by atoms with Crippen LogP contribution >= 0.6 is 11.5 Å². The maximum Gasteiger partial charge on any atom is 0.269 e. The van der Waals surface area contributed by atoms with Crippen molar-refractivity contribution < 1.29 is 9.31 Å². The number of nitro groups is 1. The maximum absolute atomic E-state index is 12.9. The van der Waals surface area contributed by atoms with Gasteiger partial charge < -0.3 is 5.32 Å². The molecule has 0 aliphatic heterocycles. The number of non-ortho nitro benzene ring substituents is 1. The lowest BCUT2D eigenvalue weighted by molar-refractivity contribution is -0.384. The summed E-state index contributed by atoms with van der Waals surface area (Å²) in [7, 11) is 0. The summed E-state index contributed by atoms with van der Waals surface area (Å²) in [5.41, 5.74) is 1.41. The highest BCUT2D eigenvalue weighted by molar-refractivity contribution is 7.09. The number of nitrogens with one attached hydrogen (secondary N) is 1. The molecule has 0 radical (unpaired) electrons. The zero-order valence-electron chi connectivity index (χ0n) is 11.1. The van der Waals surface area contributed by atoms with E-state index in [0.717, 1.165) is 17.1 Å². The van der Waals surface area contributed by atoms with Gasteiger partial charge in [0.05, 0.1) is 4.92 Å². The monoisotopic (exact) mass is 316 g/mol. The van der Waals surface area contributed by atoms with Crippen LogP contribution < -0.4 is 5.32 Å². The molecule has 6 nitrogen and oxygen atoms in total. The molecule has 0 saturated carbocycles. The Balaban J connectivity index is 1.76. The van der Waals surface area contributed by atoms with E-state index in [-0.39, 0.29) is 11.5 Å². The van der Waals surface area contributed by atoms with Crippen molar-refractivity contribution in [3.05, 3.63) is 64.5 Å². The molecule has 1 heterocycles. The van der Waals surface area contributed by atoms with Gasteiger partial charge in [0, 0.05) is 34.9 Å². The zero-order valence-corrected chi connectivity index (χ0v) is 11.9. The first-order valence-electron chi connectivity index (χ1n) is 6.23. The van der Waals surface area contributed by atoms with Crippen LogP contribution in [-0.4, -0.2) is 14.3 Å². The van der Waals surface area contributed by atoms with Crippen LogP contribution in [0.25, 0.3) is 11.4 Å². The van der Waals surface area contributed by atoms with Crippen molar-refractivity contribution in [1.82, 2.24) is 9.36 Å². The van der Waals surface area contributed by atoms with Gasteiger partial charge in [-0.3, -0.25) is 10.1 Å². The summed E-state index contributed by atoms with van der Waals surface area (Å²) in [5.74, 6) is 0.178. The fourth-order valence-electron chi connectivity index (χ4n) is 1.78. The predicted molar refractivity (Wildman–Crippen MR) is 81.7 cm³/mol. The van der Waals surface area contributed by atoms with Crippen LogP contribution in [0.4, 0.5) is 20.9 Å². The summed E-state index contributed by atoms with van der Waals surface area (Å²) >= 11 is 1.15. The van der Waals surface area contributed by atoms with Gasteiger partial charge in [0.25, 0.3) is 5.69 Å². The van der Waals surface area contributed by atoms with E-state index in [9.17, 15) is 14.5 Å². The van der Waals surface area contributed by atoms with Gasteiger partial charge in [-0.15, -0.1) is 0 Å². The van der Waals surface area contributed by atoms with Crippen molar-refractivity contribution in [2.45, 2.75) is 0 Å². The van der Waals surface area contributed by atoms with E-state index in [1.165, 1.54) is 24.3 Å². The molecule has 0 bridgehead atoms. The SMILES string of the molecule is O=[N+]([O-])c1ccc(Nc2nc(-c3ccc(F)cc3)ns2)cc1. The van der Waals surface area contributed by atoms with E-state index in [1.807, 2.05) is 0 Å². The van der Waals surface area contributed by atoms with E-state index in [2.05, 4.69) is 14.7 Å². The summed E-state index contributed by atoms with van der Waals surface area (Å²) in [4.78, 5) is 14.4. The molecule has 0 unspecified atom stereocenters. The van der Waals surface area contributed by atoms with Gasteiger partial charge in [0.1, 0.15) is 5.82 Å². The molecule has 1 aromatic heterocycles. The average Bonchev–Trinajstić information content (AvgIpc) is 2.97. The fourth-order valence-corrected chi connectivity index (χ4v) is 2.39. The second-order valence-electron chi connectivity index (χ2n) is 4.36. The Kier molecular flexibility index (Phi) is 3.75. The summed E-state index contributed by atoms with van der Waals surface area (Å²) in [6.45, 7) is 0. The van der Waals surface area contributed by atoms with Crippen molar-refractivity contribution in [1.29, 1.82) is 0 Å². The molecule has 0 amide bonds. The van der Waals surface area contributed by atoms with Crippen molar-refractivity contribution in [2.75, 3.05) is 5.32 Å². The molecule has 0 spiro atoms. The third kappa shape index (κ3) is 3.07. The quantitative estimate of drug-likeness (QED) is 0.581.